The van der Waals surface area contributed by atoms with Gasteiger partial charge in [-0.25, -0.2) is 0 Å². The molecule has 0 saturated carbocycles. The normalized spacial score (nSPS) is 11.6. The third kappa shape index (κ3) is 6.03. The molecule has 0 aliphatic carbocycles. The summed E-state index contributed by atoms with van der Waals surface area (Å²) in [6, 6.07) is 19.4. The maximum atomic E-state index is 13.7. The first-order valence-electron chi connectivity index (χ1n) is 8.61. The first-order valence-corrected chi connectivity index (χ1v) is 10.5. The molecular formula is C21H25O3P. The van der Waals surface area contributed by atoms with E-state index in [2.05, 4.69) is 6.08 Å². The van der Waals surface area contributed by atoms with Crippen molar-refractivity contribution >= 4 is 23.7 Å². The average Bonchev–Trinajstić information content (AvgIpc) is 2.65. The molecule has 3 nitrogen and oxygen atoms in total. The maximum Gasteiger partial charge on any atom is 0.302 e. The van der Waals surface area contributed by atoms with Crippen LogP contribution >= 0.6 is 7.14 Å². The van der Waals surface area contributed by atoms with Gasteiger partial charge in [-0.1, -0.05) is 72.8 Å². The van der Waals surface area contributed by atoms with Crippen LogP contribution in [0, 0.1) is 0 Å². The Bertz CT molecular complexity index is 680. The SMILES string of the molecule is CC(=O)OCCCC/C=C/CP(=O)(c1ccccc1)c1ccccc1. The molecule has 0 fully saturated rings. The van der Waals surface area contributed by atoms with Gasteiger partial charge in [0.25, 0.3) is 0 Å². The van der Waals surface area contributed by atoms with Crippen LogP contribution in [0.5, 0.6) is 0 Å². The van der Waals surface area contributed by atoms with Gasteiger partial charge in [0, 0.05) is 23.7 Å². The van der Waals surface area contributed by atoms with Gasteiger partial charge in [0.15, 0.2) is 0 Å². The van der Waals surface area contributed by atoms with E-state index in [1.165, 1.54) is 6.92 Å². The minimum Gasteiger partial charge on any atom is -0.466 e. The van der Waals surface area contributed by atoms with Crippen LogP contribution in [0.25, 0.3) is 0 Å². The van der Waals surface area contributed by atoms with Crippen molar-refractivity contribution in [3.8, 4) is 0 Å². The molecule has 0 amide bonds. The number of benzene rings is 2. The zero-order chi connectivity index (χ0) is 18.0. The summed E-state index contributed by atoms with van der Waals surface area (Å²) in [5.41, 5.74) is 0. The van der Waals surface area contributed by atoms with E-state index in [1.54, 1.807) is 0 Å². The molecule has 25 heavy (non-hydrogen) atoms. The summed E-state index contributed by atoms with van der Waals surface area (Å²) in [7, 11) is -2.65. The lowest BCUT2D eigenvalue weighted by Gasteiger charge is -2.17. The molecule has 0 atom stereocenters. The fourth-order valence-electron chi connectivity index (χ4n) is 2.62. The predicted molar refractivity (Wildman–Crippen MR) is 104 cm³/mol. The van der Waals surface area contributed by atoms with Crippen molar-refractivity contribution in [2.24, 2.45) is 0 Å². The molecule has 0 aliphatic rings. The molecule has 4 heteroatoms. The third-order valence-electron chi connectivity index (χ3n) is 3.95. The molecule has 0 N–H and O–H groups in total. The summed E-state index contributed by atoms with van der Waals surface area (Å²) in [6.45, 7) is 1.89. The summed E-state index contributed by atoms with van der Waals surface area (Å²) >= 11 is 0. The molecule has 0 bridgehead atoms. The lowest BCUT2D eigenvalue weighted by Crippen LogP contribution is -2.17. The molecule has 0 saturated heterocycles. The van der Waals surface area contributed by atoms with E-state index in [0.29, 0.717) is 12.8 Å². The van der Waals surface area contributed by atoms with Crippen molar-refractivity contribution < 1.29 is 14.1 Å². The van der Waals surface area contributed by atoms with Gasteiger partial charge in [0.1, 0.15) is 7.14 Å². The van der Waals surface area contributed by atoms with Crippen molar-refractivity contribution in [1.82, 2.24) is 0 Å². The highest BCUT2D eigenvalue weighted by Gasteiger charge is 2.25. The first-order chi connectivity index (χ1) is 12.1. The molecule has 0 radical (unpaired) electrons. The molecule has 0 aliphatic heterocycles. The van der Waals surface area contributed by atoms with Crippen molar-refractivity contribution in [2.75, 3.05) is 12.8 Å². The van der Waals surface area contributed by atoms with Crippen LogP contribution in [0.2, 0.25) is 0 Å². The van der Waals surface area contributed by atoms with E-state index in [1.807, 2.05) is 66.7 Å². The Kier molecular flexibility index (Phi) is 7.69. The number of rotatable bonds is 9. The van der Waals surface area contributed by atoms with E-state index in [9.17, 15) is 9.36 Å². The number of hydrogen-bond donors (Lipinski definition) is 0. The largest absolute Gasteiger partial charge is 0.466 e. The summed E-state index contributed by atoms with van der Waals surface area (Å²) in [4.78, 5) is 10.7. The second-order valence-electron chi connectivity index (χ2n) is 5.90. The monoisotopic (exact) mass is 356 g/mol. The number of allylic oxidation sites excluding steroid dienone is 2. The Balaban J connectivity index is 1.98. The summed E-state index contributed by atoms with van der Waals surface area (Å²) < 4.78 is 18.6. The molecule has 0 aromatic heterocycles. The fourth-order valence-corrected chi connectivity index (χ4v) is 5.09. The highest BCUT2D eigenvalue weighted by atomic mass is 31.2. The molecular weight excluding hydrogens is 331 g/mol. The van der Waals surface area contributed by atoms with Gasteiger partial charge in [-0.2, -0.15) is 0 Å². The van der Waals surface area contributed by atoms with Gasteiger partial charge >= 0.3 is 5.97 Å². The van der Waals surface area contributed by atoms with Crippen molar-refractivity contribution in [3.05, 3.63) is 72.8 Å². The van der Waals surface area contributed by atoms with Crippen LogP contribution in [-0.4, -0.2) is 18.7 Å². The second-order valence-corrected chi connectivity index (χ2v) is 8.78. The zero-order valence-electron chi connectivity index (χ0n) is 14.6. The number of carbonyl (C=O) groups is 1. The third-order valence-corrected chi connectivity index (χ3v) is 6.94. The molecule has 2 aromatic carbocycles. The number of carbonyl (C=O) groups excluding carboxylic acids is 1. The van der Waals surface area contributed by atoms with Gasteiger partial charge < -0.3 is 9.30 Å². The molecule has 2 aromatic rings. The van der Waals surface area contributed by atoms with Crippen LogP contribution in [0.4, 0.5) is 0 Å². The Labute approximate surface area is 150 Å². The van der Waals surface area contributed by atoms with Crippen LogP contribution in [0.3, 0.4) is 0 Å². The molecule has 2 rings (SSSR count). The molecule has 0 heterocycles. The van der Waals surface area contributed by atoms with Gasteiger partial charge in [0.05, 0.1) is 6.61 Å². The maximum absolute atomic E-state index is 13.7. The van der Waals surface area contributed by atoms with E-state index < -0.39 is 7.14 Å². The van der Waals surface area contributed by atoms with Crippen LogP contribution in [-0.2, 0) is 14.1 Å². The Morgan fingerprint density at radius 3 is 2.00 bits per heavy atom. The van der Waals surface area contributed by atoms with E-state index in [-0.39, 0.29) is 5.97 Å². The number of esters is 1. The molecule has 0 spiro atoms. The topological polar surface area (TPSA) is 43.4 Å². The number of hydrogen-bond acceptors (Lipinski definition) is 3. The van der Waals surface area contributed by atoms with Gasteiger partial charge in [-0.05, 0) is 19.3 Å². The van der Waals surface area contributed by atoms with E-state index in [0.717, 1.165) is 29.9 Å². The predicted octanol–water partition coefficient (Wildman–Crippen LogP) is 4.29. The number of ether oxygens (including phenoxy) is 1. The molecule has 0 unspecified atom stereocenters. The minimum atomic E-state index is -2.65. The zero-order valence-corrected chi connectivity index (χ0v) is 15.5. The highest BCUT2D eigenvalue weighted by Crippen LogP contribution is 2.43. The van der Waals surface area contributed by atoms with E-state index in [4.69, 9.17) is 4.74 Å². The fraction of sp³-hybridized carbons (Fsp3) is 0.286. The van der Waals surface area contributed by atoms with Crippen molar-refractivity contribution in [2.45, 2.75) is 26.2 Å². The standard InChI is InChI=1S/C21H25O3P/c1-19(22)24-17-11-3-2-4-12-18-25(23,20-13-7-5-8-14-20)21-15-9-6-10-16-21/h4-10,12-16H,2-3,11,17-18H2,1H3/b12-4+. The Morgan fingerprint density at radius 2 is 1.48 bits per heavy atom. The first kappa shape index (κ1) is 19.2. The lowest BCUT2D eigenvalue weighted by molar-refractivity contribution is -0.141. The second kappa shape index (κ2) is 10.0. The smallest absolute Gasteiger partial charge is 0.302 e. The molecule has 132 valence electrons. The van der Waals surface area contributed by atoms with Crippen LogP contribution < -0.4 is 10.6 Å². The van der Waals surface area contributed by atoms with Crippen LogP contribution in [0.15, 0.2) is 72.8 Å². The van der Waals surface area contributed by atoms with Gasteiger partial charge in [0.2, 0.25) is 0 Å². The summed E-state index contributed by atoms with van der Waals surface area (Å²) in [5.74, 6) is -0.234. The van der Waals surface area contributed by atoms with Crippen molar-refractivity contribution in [1.29, 1.82) is 0 Å². The quantitative estimate of drug-likeness (QED) is 0.291. The number of unbranched alkanes of at least 4 members (excludes halogenated alkanes) is 2. The van der Waals surface area contributed by atoms with Gasteiger partial charge in [-0.3, -0.25) is 4.79 Å². The average molecular weight is 356 g/mol. The minimum absolute atomic E-state index is 0.234. The van der Waals surface area contributed by atoms with Crippen molar-refractivity contribution in [3.63, 3.8) is 0 Å². The highest BCUT2D eigenvalue weighted by molar-refractivity contribution is 7.78. The lowest BCUT2D eigenvalue weighted by atomic mass is 10.2. The summed E-state index contributed by atoms with van der Waals surface area (Å²) in [5, 5.41) is 1.78. The summed E-state index contributed by atoms with van der Waals surface area (Å²) in [6.07, 6.45) is 7.30. The van der Waals surface area contributed by atoms with Crippen LogP contribution in [0.1, 0.15) is 26.2 Å². The Hall–Kier alpha value is -2.12. The Morgan fingerprint density at radius 1 is 0.920 bits per heavy atom. The van der Waals surface area contributed by atoms with E-state index >= 15 is 0 Å². The van der Waals surface area contributed by atoms with Gasteiger partial charge in [-0.15, -0.1) is 0 Å².